The van der Waals surface area contributed by atoms with E-state index in [0.717, 1.165) is 4.90 Å². The Kier molecular flexibility index (Phi) is 8.55. The van der Waals surface area contributed by atoms with Crippen LogP contribution in [0, 0.1) is 0 Å². The lowest BCUT2D eigenvalue weighted by molar-refractivity contribution is -0.145. The maximum absolute atomic E-state index is 11.9. The molecule has 1 aromatic carbocycles. The first-order chi connectivity index (χ1) is 14.4. The highest BCUT2D eigenvalue weighted by atomic mass is 16.6. The van der Waals surface area contributed by atoms with Crippen LogP contribution in [0.15, 0.2) is 36.4 Å². The number of carbonyl (C=O) groups is 3. The number of carboxylic acids is 1. The molecule has 1 N–H and O–H groups in total. The molecule has 1 heterocycles. The third-order valence-corrected chi connectivity index (χ3v) is 3.64. The summed E-state index contributed by atoms with van der Waals surface area (Å²) in [5.74, 6) is -2.40. The topological polar surface area (TPSA) is 128 Å². The second-order valence-corrected chi connectivity index (χ2v) is 5.91. The monoisotopic (exact) mass is 417 g/mol. The van der Waals surface area contributed by atoms with Crippen molar-refractivity contribution in [3.63, 3.8) is 0 Å². The van der Waals surface area contributed by atoms with Crippen LogP contribution in [0.5, 0.6) is 5.88 Å². The van der Waals surface area contributed by atoms with Crippen molar-refractivity contribution in [2.75, 3.05) is 37.8 Å². The third kappa shape index (κ3) is 7.04. The van der Waals surface area contributed by atoms with Crippen LogP contribution in [0.3, 0.4) is 0 Å². The van der Waals surface area contributed by atoms with Crippen LogP contribution in [0.2, 0.25) is 0 Å². The molecular weight excluding hydrogens is 394 g/mol. The zero-order valence-corrected chi connectivity index (χ0v) is 16.7. The van der Waals surface area contributed by atoms with Crippen molar-refractivity contribution in [1.82, 2.24) is 9.97 Å². The van der Waals surface area contributed by atoms with Gasteiger partial charge in [0.25, 0.3) is 0 Å². The maximum Gasteiger partial charge on any atom is 0.344 e. The number of benzene rings is 1. The van der Waals surface area contributed by atoms with Crippen LogP contribution in [-0.4, -0.2) is 65.9 Å². The summed E-state index contributed by atoms with van der Waals surface area (Å²) in [6.07, 6.45) is 0. The highest BCUT2D eigenvalue weighted by molar-refractivity contribution is 5.79. The molecule has 0 atom stereocenters. The summed E-state index contributed by atoms with van der Waals surface area (Å²) in [5, 5.41) is 9.24. The van der Waals surface area contributed by atoms with Crippen molar-refractivity contribution >= 4 is 23.9 Å². The van der Waals surface area contributed by atoms with E-state index in [0.29, 0.717) is 11.3 Å². The average Bonchev–Trinajstić information content (AvgIpc) is 2.72. The molecule has 0 aliphatic heterocycles. The van der Waals surface area contributed by atoms with E-state index in [1.54, 1.807) is 26.0 Å². The van der Waals surface area contributed by atoms with Gasteiger partial charge in [0.1, 0.15) is 13.1 Å². The summed E-state index contributed by atoms with van der Waals surface area (Å²) in [7, 11) is 0. The van der Waals surface area contributed by atoms with Gasteiger partial charge in [-0.05, 0) is 13.8 Å². The van der Waals surface area contributed by atoms with Crippen molar-refractivity contribution < 1.29 is 33.7 Å². The molecule has 10 nitrogen and oxygen atoms in total. The molecule has 1 aromatic heterocycles. The number of carbonyl (C=O) groups excluding carboxylic acids is 2. The standard InChI is InChI=1S/C20H23N3O7/c1-3-28-18(26)12-23(11-17(24)25)20-21-15(14-8-6-5-7-9-14)10-16(22-20)30-13-19(27)29-4-2/h5-10H,3-4,11-13H2,1-2H3,(H,24,25). The van der Waals surface area contributed by atoms with E-state index >= 15 is 0 Å². The minimum atomic E-state index is -1.18. The Bertz CT molecular complexity index is 874. The van der Waals surface area contributed by atoms with Gasteiger partial charge in [-0.15, -0.1) is 0 Å². The van der Waals surface area contributed by atoms with E-state index in [1.807, 2.05) is 18.2 Å². The molecular formula is C20H23N3O7. The van der Waals surface area contributed by atoms with Gasteiger partial charge in [-0.3, -0.25) is 9.59 Å². The minimum absolute atomic E-state index is 0.0335. The van der Waals surface area contributed by atoms with Gasteiger partial charge >= 0.3 is 17.9 Å². The zero-order chi connectivity index (χ0) is 21.9. The normalized spacial score (nSPS) is 10.2. The summed E-state index contributed by atoms with van der Waals surface area (Å²) >= 11 is 0. The number of esters is 2. The quantitative estimate of drug-likeness (QED) is 0.538. The fourth-order valence-corrected chi connectivity index (χ4v) is 2.44. The molecule has 2 aromatic rings. The number of aliphatic carboxylic acids is 1. The summed E-state index contributed by atoms with van der Waals surface area (Å²) in [5.41, 5.74) is 1.15. The molecule has 30 heavy (non-hydrogen) atoms. The van der Waals surface area contributed by atoms with Crippen LogP contribution < -0.4 is 9.64 Å². The van der Waals surface area contributed by atoms with Crippen LogP contribution in [0.25, 0.3) is 11.3 Å². The Balaban J connectivity index is 2.40. The zero-order valence-electron chi connectivity index (χ0n) is 16.7. The molecule has 0 saturated heterocycles. The summed E-state index contributed by atoms with van der Waals surface area (Å²) in [6, 6.07) is 10.6. The smallest absolute Gasteiger partial charge is 0.344 e. The molecule has 160 valence electrons. The molecule has 0 unspecified atom stereocenters. The van der Waals surface area contributed by atoms with E-state index in [1.165, 1.54) is 6.07 Å². The molecule has 0 aliphatic rings. The number of anilines is 1. The second kappa shape index (κ2) is 11.3. The molecule has 0 amide bonds. The van der Waals surface area contributed by atoms with Crippen LogP contribution >= 0.6 is 0 Å². The molecule has 2 rings (SSSR count). The first kappa shape index (κ1) is 22.6. The predicted octanol–water partition coefficient (Wildman–Crippen LogP) is 1.54. The van der Waals surface area contributed by atoms with Crippen LogP contribution in [0.1, 0.15) is 13.8 Å². The maximum atomic E-state index is 11.9. The molecule has 10 heteroatoms. The lowest BCUT2D eigenvalue weighted by Gasteiger charge is -2.20. The summed E-state index contributed by atoms with van der Waals surface area (Å²) in [6.45, 7) is 2.40. The Hall–Kier alpha value is -3.69. The summed E-state index contributed by atoms with van der Waals surface area (Å²) < 4.78 is 15.2. The van der Waals surface area contributed by atoms with E-state index < -0.39 is 24.5 Å². The SMILES string of the molecule is CCOC(=O)COc1cc(-c2ccccc2)nc(N(CC(=O)O)CC(=O)OCC)n1. The number of rotatable bonds is 11. The van der Waals surface area contributed by atoms with Crippen molar-refractivity contribution in [3.8, 4) is 17.1 Å². The number of aromatic nitrogens is 2. The van der Waals surface area contributed by atoms with E-state index in [4.69, 9.17) is 14.2 Å². The largest absolute Gasteiger partial charge is 0.480 e. The third-order valence-electron chi connectivity index (χ3n) is 3.64. The van der Waals surface area contributed by atoms with Crippen molar-refractivity contribution in [2.24, 2.45) is 0 Å². The molecule has 0 spiro atoms. The Morgan fingerprint density at radius 1 is 0.967 bits per heavy atom. The second-order valence-electron chi connectivity index (χ2n) is 5.91. The van der Waals surface area contributed by atoms with Crippen molar-refractivity contribution in [1.29, 1.82) is 0 Å². The van der Waals surface area contributed by atoms with E-state index in [-0.39, 0.29) is 38.2 Å². The highest BCUT2D eigenvalue weighted by Crippen LogP contribution is 2.24. The van der Waals surface area contributed by atoms with Gasteiger partial charge in [0.05, 0.1) is 18.9 Å². The van der Waals surface area contributed by atoms with Gasteiger partial charge < -0.3 is 24.2 Å². The average molecular weight is 417 g/mol. The number of nitrogens with zero attached hydrogens (tertiary/aromatic N) is 3. The van der Waals surface area contributed by atoms with E-state index in [2.05, 4.69) is 9.97 Å². The Labute approximate surface area is 173 Å². The fourth-order valence-electron chi connectivity index (χ4n) is 2.44. The highest BCUT2D eigenvalue weighted by Gasteiger charge is 2.20. The Morgan fingerprint density at radius 2 is 1.63 bits per heavy atom. The van der Waals surface area contributed by atoms with Gasteiger partial charge in [-0.25, -0.2) is 9.78 Å². The van der Waals surface area contributed by atoms with Gasteiger partial charge in [-0.2, -0.15) is 4.98 Å². The van der Waals surface area contributed by atoms with Gasteiger partial charge in [0.2, 0.25) is 11.8 Å². The number of hydrogen-bond donors (Lipinski definition) is 1. The van der Waals surface area contributed by atoms with Crippen LogP contribution in [0.4, 0.5) is 5.95 Å². The summed E-state index contributed by atoms with van der Waals surface area (Å²) in [4.78, 5) is 44.6. The molecule has 0 fully saturated rings. The lowest BCUT2D eigenvalue weighted by atomic mass is 10.1. The van der Waals surface area contributed by atoms with E-state index in [9.17, 15) is 19.5 Å². The molecule has 0 saturated carbocycles. The minimum Gasteiger partial charge on any atom is -0.480 e. The molecule has 0 aliphatic carbocycles. The number of ether oxygens (including phenoxy) is 3. The number of carboxylic acid groups (broad SMARTS) is 1. The first-order valence-corrected chi connectivity index (χ1v) is 9.28. The Morgan fingerprint density at radius 3 is 2.27 bits per heavy atom. The first-order valence-electron chi connectivity index (χ1n) is 9.28. The van der Waals surface area contributed by atoms with Crippen molar-refractivity contribution in [2.45, 2.75) is 13.8 Å². The van der Waals surface area contributed by atoms with Gasteiger partial charge in [0.15, 0.2) is 6.61 Å². The molecule has 0 radical (unpaired) electrons. The molecule has 0 bridgehead atoms. The van der Waals surface area contributed by atoms with Crippen LogP contribution in [-0.2, 0) is 23.9 Å². The lowest BCUT2D eigenvalue weighted by Crippen LogP contribution is -2.36. The van der Waals surface area contributed by atoms with Crippen molar-refractivity contribution in [3.05, 3.63) is 36.4 Å². The number of hydrogen-bond acceptors (Lipinski definition) is 9. The predicted molar refractivity (Wildman–Crippen MR) is 106 cm³/mol. The van der Waals surface area contributed by atoms with Gasteiger partial charge in [-0.1, -0.05) is 30.3 Å². The fraction of sp³-hybridized carbons (Fsp3) is 0.350. The van der Waals surface area contributed by atoms with Gasteiger partial charge in [0, 0.05) is 11.6 Å².